The largest absolute Gasteiger partial charge is 0.530 e. The fourth-order valence-electron chi connectivity index (χ4n) is 1.93. The Balaban J connectivity index is 3.04. The van der Waals surface area contributed by atoms with Crippen LogP contribution in [0.4, 0.5) is 23.7 Å². The third-order valence-electron chi connectivity index (χ3n) is 2.86. The third kappa shape index (κ3) is 6.09. The summed E-state index contributed by atoms with van der Waals surface area (Å²) in [4.78, 5) is 22.7. The Morgan fingerprint density at radius 2 is 1.91 bits per heavy atom. The average Bonchev–Trinajstić information content (AvgIpc) is 2.37. The van der Waals surface area contributed by atoms with Gasteiger partial charge in [-0.05, 0) is 30.5 Å². The lowest BCUT2D eigenvalue weighted by Crippen LogP contribution is -2.49. The molecule has 0 heterocycles. The van der Waals surface area contributed by atoms with E-state index in [1.54, 1.807) is 13.8 Å². The minimum Gasteiger partial charge on any atom is -0.530 e. The van der Waals surface area contributed by atoms with Gasteiger partial charge in [-0.25, -0.2) is 0 Å². The Hall–Kier alpha value is -1.77. The monoisotopic (exact) mass is 395 g/mol. The van der Waals surface area contributed by atoms with Gasteiger partial charge in [-0.1, -0.05) is 29.8 Å². The first-order valence-electron chi connectivity index (χ1n) is 6.65. The number of anilines is 1. The number of alkyl halides is 3. The second-order valence-corrected chi connectivity index (χ2v) is 6.21. The van der Waals surface area contributed by atoms with Crippen LogP contribution in [0.25, 0.3) is 0 Å². The molecule has 0 saturated carbocycles. The van der Waals surface area contributed by atoms with Crippen LogP contribution in [0.3, 0.4) is 0 Å². The summed E-state index contributed by atoms with van der Waals surface area (Å²) < 4.78 is 39.2. The molecule has 0 aromatic heterocycles. The van der Waals surface area contributed by atoms with E-state index in [0.717, 1.165) is 12.1 Å². The second-order valence-electron chi connectivity index (χ2n) is 5.29. The number of hydrogen-bond donors (Lipinski definition) is 2. The van der Waals surface area contributed by atoms with Gasteiger partial charge in [0.1, 0.15) is 12.1 Å². The Morgan fingerprint density at radius 1 is 1.30 bits per heavy atom. The van der Waals surface area contributed by atoms with Crippen molar-refractivity contribution in [3.63, 3.8) is 0 Å². The minimum atomic E-state index is -4.66. The summed E-state index contributed by atoms with van der Waals surface area (Å²) in [6.45, 7) is 3.50. The van der Waals surface area contributed by atoms with E-state index in [9.17, 15) is 27.9 Å². The van der Waals surface area contributed by atoms with Crippen molar-refractivity contribution in [1.29, 1.82) is 0 Å². The van der Waals surface area contributed by atoms with Crippen molar-refractivity contribution in [2.24, 2.45) is 5.92 Å². The van der Waals surface area contributed by atoms with Gasteiger partial charge >= 0.3 is 6.18 Å². The van der Waals surface area contributed by atoms with Crippen LogP contribution in [0.5, 0.6) is 0 Å². The van der Waals surface area contributed by atoms with Crippen LogP contribution in [-0.4, -0.2) is 18.0 Å². The van der Waals surface area contributed by atoms with Crippen molar-refractivity contribution in [1.82, 2.24) is 5.32 Å². The lowest BCUT2D eigenvalue weighted by atomic mass is 10.0. The second kappa shape index (κ2) is 7.67. The van der Waals surface area contributed by atoms with Crippen LogP contribution in [-0.2, 0) is 11.0 Å². The van der Waals surface area contributed by atoms with Gasteiger partial charge in [0.15, 0.2) is 0 Å². The zero-order valence-electron chi connectivity index (χ0n) is 12.3. The van der Waals surface area contributed by atoms with Gasteiger partial charge in [0.05, 0.1) is 11.3 Å². The Morgan fingerprint density at radius 3 is 2.39 bits per heavy atom. The van der Waals surface area contributed by atoms with E-state index in [1.165, 1.54) is 6.07 Å². The molecule has 0 bridgehead atoms. The number of amides is 2. The highest BCUT2D eigenvalue weighted by Gasteiger charge is 2.34. The predicted octanol–water partition coefficient (Wildman–Crippen LogP) is 2.75. The molecule has 0 spiro atoms. The molecule has 0 aliphatic rings. The predicted molar refractivity (Wildman–Crippen MR) is 79.5 cm³/mol. The standard InChI is InChI=1S/C14H16BrF3N2O3/c1-7(2)5-11(20-13(22)23)12(21)19-10-4-3-8(15)6-9(10)14(16,17)18/h3-4,6-7,11,20H,5H2,1-2H3,(H,19,21)(H,22,23)/p-1. The van der Waals surface area contributed by atoms with Crippen LogP contribution in [0.15, 0.2) is 22.7 Å². The van der Waals surface area contributed by atoms with Gasteiger partial charge in [0.25, 0.3) is 0 Å². The lowest BCUT2D eigenvalue weighted by Gasteiger charge is -2.22. The molecule has 5 nitrogen and oxygen atoms in total. The SMILES string of the molecule is CC(C)CC(NC(=O)[O-])C(=O)Nc1ccc(Br)cc1C(F)(F)F. The quantitative estimate of drug-likeness (QED) is 0.803. The molecule has 128 valence electrons. The number of carbonyl (C=O) groups excluding carboxylic acids is 2. The molecule has 2 amide bonds. The molecule has 1 aromatic carbocycles. The molecule has 1 rings (SSSR count). The number of nitrogens with one attached hydrogen (secondary N) is 2. The molecule has 1 unspecified atom stereocenters. The number of rotatable bonds is 5. The topological polar surface area (TPSA) is 81.3 Å². The first kappa shape index (κ1) is 19.3. The summed E-state index contributed by atoms with van der Waals surface area (Å²) in [6.07, 6.45) is -6.21. The summed E-state index contributed by atoms with van der Waals surface area (Å²) >= 11 is 2.94. The van der Waals surface area contributed by atoms with Crippen molar-refractivity contribution in [3.8, 4) is 0 Å². The normalized spacial score (nSPS) is 12.8. The van der Waals surface area contributed by atoms with Gasteiger partial charge in [-0.2, -0.15) is 13.2 Å². The van der Waals surface area contributed by atoms with E-state index in [2.05, 4.69) is 21.2 Å². The van der Waals surface area contributed by atoms with E-state index >= 15 is 0 Å². The molecule has 2 N–H and O–H groups in total. The third-order valence-corrected chi connectivity index (χ3v) is 3.35. The van der Waals surface area contributed by atoms with Gasteiger partial charge in [-0.15, -0.1) is 0 Å². The zero-order valence-corrected chi connectivity index (χ0v) is 13.9. The van der Waals surface area contributed by atoms with Gasteiger partial charge in [-0.3, -0.25) is 4.79 Å². The first-order valence-corrected chi connectivity index (χ1v) is 7.45. The lowest BCUT2D eigenvalue weighted by molar-refractivity contribution is -0.251. The molecule has 0 aliphatic heterocycles. The van der Waals surface area contributed by atoms with Gasteiger partial charge in [0.2, 0.25) is 5.91 Å². The molecular weight excluding hydrogens is 381 g/mol. The fraction of sp³-hybridized carbons (Fsp3) is 0.429. The minimum absolute atomic E-state index is 0.0513. The maximum absolute atomic E-state index is 13.0. The maximum Gasteiger partial charge on any atom is 0.418 e. The van der Waals surface area contributed by atoms with Crippen molar-refractivity contribution in [2.75, 3.05) is 5.32 Å². The van der Waals surface area contributed by atoms with Crippen molar-refractivity contribution in [3.05, 3.63) is 28.2 Å². The first-order chi connectivity index (χ1) is 10.5. The van der Waals surface area contributed by atoms with E-state index in [-0.39, 0.29) is 16.8 Å². The van der Waals surface area contributed by atoms with Gasteiger partial charge in [0, 0.05) is 4.47 Å². The Labute approximate surface area is 139 Å². The van der Waals surface area contributed by atoms with E-state index in [0.29, 0.717) is 0 Å². The molecule has 0 aliphatic carbocycles. The van der Waals surface area contributed by atoms with Crippen LogP contribution < -0.4 is 15.7 Å². The summed E-state index contributed by atoms with van der Waals surface area (Å²) in [5.41, 5.74) is -1.48. The van der Waals surface area contributed by atoms with E-state index in [4.69, 9.17) is 0 Å². The Kier molecular flexibility index (Phi) is 6.43. The maximum atomic E-state index is 13.0. The number of carboxylic acid groups (broad SMARTS) is 1. The van der Waals surface area contributed by atoms with Crippen LogP contribution in [0.1, 0.15) is 25.8 Å². The average molecular weight is 396 g/mol. The molecule has 23 heavy (non-hydrogen) atoms. The molecule has 0 fully saturated rings. The highest BCUT2D eigenvalue weighted by atomic mass is 79.9. The number of benzene rings is 1. The smallest absolute Gasteiger partial charge is 0.418 e. The molecular formula is C14H15BrF3N2O3-. The number of carbonyl (C=O) groups is 2. The highest BCUT2D eigenvalue weighted by molar-refractivity contribution is 9.10. The summed E-state index contributed by atoms with van der Waals surface area (Å²) in [5, 5.41) is 14.7. The Bertz CT molecular complexity index is 591. The highest BCUT2D eigenvalue weighted by Crippen LogP contribution is 2.36. The number of hydrogen-bond acceptors (Lipinski definition) is 3. The van der Waals surface area contributed by atoms with Gasteiger partial charge < -0.3 is 20.5 Å². The van der Waals surface area contributed by atoms with Crippen molar-refractivity contribution >= 4 is 33.6 Å². The summed E-state index contributed by atoms with van der Waals surface area (Å²) in [5.74, 6) is -0.930. The van der Waals surface area contributed by atoms with Crippen molar-refractivity contribution < 1.29 is 27.9 Å². The number of halogens is 4. The van der Waals surface area contributed by atoms with Crippen LogP contribution >= 0.6 is 15.9 Å². The molecule has 1 atom stereocenters. The van der Waals surface area contributed by atoms with E-state index in [1.807, 2.05) is 5.32 Å². The zero-order chi connectivity index (χ0) is 17.8. The van der Waals surface area contributed by atoms with Crippen molar-refractivity contribution in [2.45, 2.75) is 32.5 Å². The molecule has 0 radical (unpaired) electrons. The van der Waals surface area contributed by atoms with Crippen LogP contribution in [0.2, 0.25) is 0 Å². The fourth-order valence-corrected chi connectivity index (χ4v) is 2.29. The summed E-state index contributed by atoms with van der Waals surface area (Å²) in [6, 6.07) is 2.06. The molecule has 1 aromatic rings. The van der Waals surface area contributed by atoms with Crippen LogP contribution in [0, 0.1) is 5.92 Å². The summed E-state index contributed by atoms with van der Waals surface area (Å²) in [7, 11) is 0. The molecule has 9 heteroatoms. The molecule has 0 saturated heterocycles. The van der Waals surface area contributed by atoms with E-state index < -0.39 is 35.5 Å².